The van der Waals surface area contributed by atoms with E-state index in [1.165, 1.54) is 32.4 Å². The molecule has 0 radical (unpaired) electrons. The molecule has 2 aromatic rings. The van der Waals surface area contributed by atoms with E-state index in [1.807, 2.05) is 47.4 Å². The van der Waals surface area contributed by atoms with Gasteiger partial charge in [0.1, 0.15) is 0 Å². The standard InChI is InChI=1S/C20H30N6/c1-2-21-20(22-11-14-25-12-7-4-8-13-25)23-15-18-16-24-26(17-18)19-9-5-3-6-10-19/h3,5-6,9-10,16-17H,2,4,7-8,11-15H2,1H3,(H2,21,22,23). The van der Waals surface area contributed by atoms with E-state index in [0.717, 1.165) is 36.8 Å². The van der Waals surface area contributed by atoms with E-state index < -0.39 is 0 Å². The number of hydrogen-bond donors (Lipinski definition) is 2. The van der Waals surface area contributed by atoms with Crippen LogP contribution in [-0.4, -0.2) is 53.4 Å². The zero-order valence-electron chi connectivity index (χ0n) is 15.7. The average Bonchev–Trinajstić information content (AvgIpc) is 3.17. The van der Waals surface area contributed by atoms with Crippen molar-refractivity contribution in [3.63, 3.8) is 0 Å². The minimum atomic E-state index is 0.617. The molecule has 1 aromatic heterocycles. The summed E-state index contributed by atoms with van der Waals surface area (Å²) in [5.41, 5.74) is 2.16. The first-order valence-corrected chi connectivity index (χ1v) is 9.68. The number of benzene rings is 1. The lowest BCUT2D eigenvalue weighted by molar-refractivity contribution is 0.232. The summed E-state index contributed by atoms with van der Waals surface area (Å²) in [5, 5.41) is 11.2. The summed E-state index contributed by atoms with van der Waals surface area (Å²) in [5.74, 6) is 0.872. The summed E-state index contributed by atoms with van der Waals surface area (Å²) in [7, 11) is 0. The topological polar surface area (TPSA) is 57.5 Å². The molecule has 0 atom stereocenters. The molecule has 1 fully saturated rings. The molecule has 0 saturated carbocycles. The predicted molar refractivity (Wildman–Crippen MR) is 107 cm³/mol. The van der Waals surface area contributed by atoms with Crippen LogP contribution in [0.3, 0.4) is 0 Å². The van der Waals surface area contributed by atoms with Crippen molar-refractivity contribution in [2.45, 2.75) is 32.7 Å². The van der Waals surface area contributed by atoms with E-state index >= 15 is 0 Å². The van der Waals surface area contributed by atoms with Crippen molar-refractivity contribution < 1.29 is 0 Å². The lowest BCUT2D eigenvalue weighted by Gasteiger charge is -2.26. The summed E-state index contributed by atoms with van der Waals surface area (Å²) in [6.45, 7) is 8.04. The van der Waals surface area contributed by atoms with Crippen LogP contribution in [-0.2, 0) is 6.54 Å². The SMILES string of the molecule is CCNC(=NCc1cnn(-c2ccccc2)c1)NCCN1CCCCC1. The lowest BCUT2D eigenvalue weighted by atomic mass is 10.1. The zero-order chi connectivity index (χ0) is 18.0. The molecule has 6 nitrogen and oxygen atoms in total. The number of guanidine groups is 1. The Kier molecular flexibility index (Phi) is 7.07. The van der Waals surface area contributed by atoms with Gasteiger partial charge < -0.3 is 15.5 Å². The van der Waals surface area contributed by atoms with Gasteiger partial charge in [-0.3, -0.25) is 0 Å². The highest BCUT2D eigenvalue weighted by Crippen LogP contribution is 2.09. The maximum absolute atomic E-state index is 4.70. The molecule has 0 spiro atoms. The number of nitrogens with zero attached hydrogens (tertiary/aromatic N) is 4. The van der Waals surface area contributed by atoms with Crippen molar-refractivity contribution in [1.82, 2.24) is 25.3 Å². The van der Waals surface area contributed by atoms with E-state index in [-0.39, 0.29) is 0 Å². The van der Waals surface area contributed by atoms with Crippen LogP contribution in [0.25, 0.3) is 5.69 Å². The maximum atomic E-state index is 4.70. The van der Waals surface area contributed by atoms with Crippen LogP contribution in [0, 0.1) is 0 Å². The molecule has 2 heterocycles. The second-order valence-corrected chi connectivity index (χ2v) is 6.65. The van der Waals surface area contributed by atoms with Crippen LogP contribution in [0.5, 0.6) is 0 Å². The van der Waals surface area contributed by atoms with Crippen LogP contribution < -0.4 is 10.6 Å². The van der Waals surface area contributed by atoms with Gasteiger partial charge in [0.25, 0.3) is 0 Å². The minimum Gasteiger partial charge on any atom is -0.357 e. The number of aliphatic imine (C=N–C) groups is 1. The van der Waals surface area contributed by atoms with Gasteiger partial charge in [-0.25, -0.2) is 9.67 Å². The van der Waals surface area contributed by atoms with E-state index in [9.17, 15) is 0 Å². The van der Waals surface area contributed by atoms with Gasteiger partial charge in [0.2, 0.25) is 0 Å². The first kappa shape index (κ1) is 18.5. The number of aromatic nitrogens is 2. The molecular weight excluding hydrogens is 324 g/mol. The summed E-state index contributed by atoms with van der Waals surface area (Å²) < 4.78 is 1.89. The molecule has 3 rings (SSSR count). The number of likely N-dealkylation sites (tertiary alicyclic amines) is 1. The molecule has 26 heavy (non-hydrogen) atoms. The van der Waals surface area contributed by atoms with Crippen molar-refractivity contribution in [1.29, 1.82) is 0 Å². The molecule has 1 saturated heterocycles. The summed E-state index contributed by atoms with van der Waals surface area (Å²) >= 11 is 0. The van der Waals surface area contributed by atoms with Gasteiger partial charge in [-0.1, -0.05) is 24.6 Å². The molecule has 2 N–H and O–H groups in total. The van der Waals surface area contributed by atoms with E-state index in [1.54, 1.807) is 0 Å². The van der Waals surface area contributed by atoms with Gasteiger partial charge >= 0.3 is 0 Å². The van der Waals surface area contributed by atoms with Gasteiger partial charge in [-0.2, -0.15) is 5.10 Å². The third-order valence-electron chi connectivity index (χ3n) is 4.59. The molecule has 0 bridgehead atoms. The summed E-state index contributed by atoms with van der Waals surface area (Å²) in [6, 6.07) is 10.1. The summed E-state index contributed by atoms with van der Waals surface area (Å²) in [6.07, 6.45) is 7.97. The van der Waals surface area contributed by atoms with Crippen molar-refractivity contribution in [2.75, 3.05) is 32.7 Å². The Balaban J connectivity index is 1.51. The van der Waals surface area contributed by atoms with E-state index in [4.69, 9.17) is 4.99 Å². The largest absolute Gasteiger partial charge is 0.357 e. The molecule has 1 aliphatic rings. The van der Waals surface area contributed by atoms with E-state index in [0.29, 0.717) is 6.54 Å². The first-order chi connectivity index (χ1) is 12.8. The molecular formula is C20H30N6. The lowest BCUT2D eigenvalue weighted by Crippen LogP contribution is -2.42. The number of rotatable bonds is 7. The predicted octanol–water partition coefficient (Wildman–Crippen LogP) is 2.41. The maximum Gasteiger partial charge on any atom is 0.191 e. The fraction of sp³-hybridized carbons (Fsp3) is 0.500. The molecule has 0 unspecified atom stereocenters. The number of hydrogen-bond acceptors (Lipinski definition) is 3. The number of nitrogens with one attached hydrogen (secondary N) is 2. The molecule has 6 heteroatoms. The second kappa shape index (κ2) is 9.97. The van der Waals surface area contributed by atoms with Crippen LogP contribution in [0.15, 0.2) is 47.7 Å². The second-order valence-electron chi connectivity index (χ2n) is 6.65. The van der Waals surface area contributed by atoms with Crippen molar-refractivity contribution in [3.05, 3.63) is 48.3 Å². The highest BCUT2D eigenvalue weighted by molar-refractivity contribution is 5.79. The Morgan fingerprint density at radius 1 is 1.12 bits per heavy atom. The monoisotopic (exact) mass is 354 g/mol. The van der Waals surface area contributed by atoms with Crippen LogP contribution in [0.4, 0.5) is 0 Å². The van der Waals surface area contributed by atoms with Crippen LogP contribution in [0.1, 0.15) is 31.7 Å². The first-order valence-electron chi connectivity index (χ1n) is 9.68. The molecule has 0 aliphatic carbocycles. The third kappa shape index (κ3) is 5.59. The average molecular weight is 355 g/mol. The normalized spacial score (nSPS) is 15.8. The van der Waals surface area contributed by atoms with Gasteiger partial charge in [0, 0.05) is 31.4 Å². The number of piperidine rings is 1. The smallest absolute Gasteiger partial charge is 0.191 e. The molecule has 140 valence electrons. The Hall–Kier alpha value is -2.34. The summed E-state index contributed by atoms with van der Waals surface area (Å²) in [4.78, 5) is 7.23. The van der Waals surface area contributed by atoms with Crippen molar-refractivity contribution in [3.8, 4) is 5.69 Å². The number of para-hydroxylation sites is 1. The van der Waals surface area contributed by atoms with Gasteiger partial charge in [0.15, 0.2) is 5.96 Å². The molecule has 1 aliphatic heterocycles. The molecule has 1 aromatic carbocycles. The minimum absolute atomic E-state index is 0.617. The van der Waals surface area contributed by atoms with E-state index in [2.05, 4.69) is 27.6 Å². The fourth-order valence-electron chi connectivity index (χ4n) is 3.19. The molecule has 0 amide bonds. The van der Waals surface area contributed by atoms with Crippen molar-refractivity contribution in [2.24, 2.45) is 4.99 Å². The quantitative estimate of drug-likeness (QED) is 0.592. The van der Waals surface area contributed by atoms with Crippen LogP contribution in [0.2, 0.25) is 0 Å². The highest BCUT2D eigenvalue weighted by atomic mass is 15.3. The third-order valence-corrected chi connectivity index (χ3v) is 4.59. The van der Waals surface area contributed by atoms with Gasteiger partial charge in [0.05, 0.1) is 18.4 Å². The van der Waals surface area contributed by atoms with Gasteiger partial charge in [-0.15, -0.1) is 0 Å². The Morgan fingerprint density at radius 3 is 2.69 bits per heavy atom. The Bertz CT molecular complexity index is 673. The highest BCUT2D eigenvalue weighted by Gasteiger charge is 2.09. The van der Waals surface area contributed by atoms with Gasteiger partial charge in [-0.05, 0) is 45.0 Å². The van der Waals surface area contributed by atoms with Crippen molar-refractivity contribution >= 4 is 5.96 Å². The fourth-order valence-corrected chi connectivity index (χ4v) is 3.19. The van der Waals surface area contributed by atoms with Crippen LogP contribution >= 0.6 is 0 Å². The Labute approximate surface area is 156 Å². The Morgan fingerprint density at radius 2 is 1.92 bits per heavy atom. The zero-order valence-corrected chi connectivity index (χ0v) is 15.7.